The Kier molecular flexibility index (Phi) is 5.15. The first-order valence-electron chi connectivity index (χ1n) is 9.21. The van der Waals surface area contributed by atoms with Crippen LogP contribution < -0.4 is 10.3 Å². The normalized spacial score (nSPS) is 15.2. The van der Waals surface area contributed by atoms with Gasteiger partial charge in [-0.25, -0.2) is 4.79 Å². The smallest absolute Gasteiger partial charge is 0.327 e. The van der Waals surface area contributed by atoms with Gasteiger partial charge in [0.05, 0.1) is 5.03 Å². The minimum atomic E-state index is -1.00. The van der Waals surface area contributed by atoms with Gasteiger partial charge < -0.3 is 9.84 Å². The minimum absolute atomic E-state index is 0.204. The van der Waals surface area contributed by atoms with Crippen molar-refractivity contribution in [2.75, 3.05) is 5.75 Å². The maximum Gasteiger partial charge on any atom is 0.327 e. The monoisotopic (exact) mass is 408 g/mol. The van der Waals surface area contributed by atoms with E-state index >= 15 is 0 Å². The highest BCUT2D eigenvalue weighted by atomic mass is 32.2. The van der Waals surface area contributed by atoms with Crippen LogP contribution in [0.4, 0.5) is 0 Å². The summed E-state index contributed by atoms with van der Waals surface area (Å²) >= 11 is 1.38. The van der Waals surface area contributed by atoms with Crippen molar-refractivity contribution in [1.29, 1.82) is 0 Å². The molecule has 7 heteroatoms. The summed E-state index contributed by atoms with van der Waals surface area (Å²) in [6, 6.07) is 10.2. The van der Waals surface area contributed by atoms with E-state index in [-0.39, 0.29) is 12.2 Å². The molecule has 0 fully saturated rings. The van der Waals surface area contributed by atoms with Crippen LogP contribution in [0.25, 0.3) is 11.1 Å². The number of aromatic nitrogens is 2. The van der Waals surface area contributed by atoms with Gasteiger partial charge in [-0.2, -0.15) is 0 Å². The lowest BCUT2D eigenvalue weighted by Gasteiger charge is -2.17. The Morgan fingerprint density at radius 1 is 1.31 bits per heavy atom. The molecule has 3 aromatic rings. The number of aliphatic carboxylic acids is 1. The van der Waals surface area contributed by atoms with Crippen molar-refractivity contribution in [3.05, 3.63) is 75.8 Å². The third-order valence-electron chi connectivity index (χ3n) is 5.15. The maximum atomic E-state index is 12.8. The molecular formula is C22H20N2O4S. The summed E-state index contributed by atoms with van der Waals surface area (Å²) in [5.41, 5.74) is 4.20. The highest BCUT2D eigenvalue weighted by molar-refractivity contribution is 7.99. The average molecular weight is 408 g/mol. The molecule has 4 rings (SSSR count). The molecule has 1 aliphatic rings. The number of hydrogen-bond donors (Lipinski definition) is 1. The standard InChI is InChI=1S/C22H20N2O4S/c1-13-5-3-7-18(14(13)2)28-11-16-9-19(25)24-17(22(26)27)12-29-21(24)20(16)15-6-4-8-23-10-15/h3-10,17H,11-12H2,1-2H3,(H,26,27)/t17-/m0/s1. The van der Waals surface area contributed by atoms with Crippen LogP contribution in [-0.4, -0.2) is 26.4 Å². The van der Waals surface area contributed by atoms with E-state index in [9.17, 15) is 14.7 Å². The van der Waals surface area contributed by atoms with Gasteiger partial charge >= 0.3 is 5.97 Å². The zero-order chi connectivity index (χ0) is 20.5. The first kappa shape index (κ1) is 19.3. The molecule has 0 saturated heterocycles. The fraction of sp³-hybridized carbons (Fsp3) is 0.227. The summed E-state index contributed by atoms with van der Waals surface area (Å²) in [6.07, 6.45) is 3.40. The number of carboxylic acid groups (broad SMARTS) is 1. The van der Waals surface area contributed by atoms with Gasteiger partial charge in [-0.15, -0.1) is 11.8 Å². The molecule has 2 aromatic heterocycles. The fourth-order valence-corrected chi connectivity index (χ4v) is 4.83. The maximum absolute atomic E-state index is 12.8. The summed E-state index contributed by atoms with van der Waals surface area (Å²) in [5, 5.41) is 10.2. The molecule has 0 spiro atoms. The number of ether oxygens (including phenoxy) is 1. The number of carbonyl (C=O) groups is 1. The molecule has 0 unspecified atom stereocenters. The zero-order valence-corrected chi connectivity index (χ0v) is 16.9. The molecule has 0 saturated carbocycles. The van der Waals surface area contributed by atoms with Crippen molar-refractivity contribution < 1.29 is 14.6 Å². The number of aryl methyl sites for hydroxylation is 1. The van der Waals surface area contributed by atoms with Crippen LogP contribution in [-0.2, 0) is 11.4 Å². The van der Waals surface area contributed by atoms with Crippen molar-refractivity contribution in [3.8, 4) is 16.9 Å². The largest absolute Gasteiger partial charge is 0.489 e. The number of rotatable bonds is 5. The lowest BCUT2D eigenvalue weighted by Crippen LogP contribution is -2.29. The Balaban J connectivity index is 1.82. The molecule has 29 heavy (non-hydrogen) atoms. The second-order valence-electron chi connectivity index (χ2n) is 6.95. The number of thioether (sulfide) groups is 1. The van der Waals surface area contributed by atoms with Gasteiger partial charge in [0.15, 0.2) is 0 Å². The molecule has 1 aromatic carbocycles. The van der Waals surface area contributed by atoms with Crippen LogP contribution in [0.2, 0.25) is 0 Å². The molecule has 1 N–H and O–H groups in total. The van der Waals surface area contributed by atoms with E-state index in [1.165, 1.54) is 22.4 Å². The number of nitrogens with zero attached hydrogens (tertiary/aromatic N) is 2. The summed E-state index contributed by atoms with van der Waals surface area (Å²) in [4.78, 5) is 28.6. The van der Waals surface area contributed by atoms with E-state index in [0.29, 0.717) is 16.3 Å². The number of pyridine rings is 2. The molecular weight excluding hydrogens is 388 g/mol. The van der Waals surface area contributed by atoms with Crippen molar-refractivity contribution in [2.45, 2.75) is 31.5 Å². The quantitative estimate of drug-likeness (QED) is 0.691. The molecule has 148 valence electrons. The molecule has 1 atom stereocenters. The Hall–Kier alpha value is -3.06. The van der Waals surface area contributed by atoms with Crippen molar-refractivity contribution in [1.82, 2.24) is 9.55 Å². The van der Waals surface area contributed by atoms with Gasteiger partial charge in [0.25, 0.3) is 5.56 Å². The highest BCUT2D eigenvalue weighted by Crippen LogP contribution is 2.40. The predicted octanol–water partition coefficient (Wildman–Crippen LogP) is 3.84. The summed E-state index contributed by atoms with van der Waals surface area (Å²) in [5.74, 6) is 0.0766. The Morgan fingerprint density at radius 2 is 2.14 bits per heavy atom. The van der Waals surface area contributed by atoms with Crippen molar-refractivity contribution in [2.24, 2.45) is 0 Å². The highest BCUT2D eigenvalue weighted by Gasteiger charge is 2.33. The molecule has 1 aliphatic heterocycles. The minimum Gasteiger partial charge on any atom is -0.489 e. The lowest BCUT2D eigenvalue weighted by atomic mass is 10.0. The van der Waals surface area contributed by atoms with E-state index < -0.39 is 12.0 Å². The Bertz CT molecular complexity index is 1140. The van der Waals surface area contributed by atoms with Gasteiger partial charge in [0, 0.05) is 40.9 Å². The van der Waals surface area contributed by atoms with Crippen LogP contribution in [0.15, 0.2) is 58.6 Å². The second-order valence-corrected chi connectivity index (χ2v) is 7.96. The molecule has 0 bridgehead atoms. The van der Waals surface area contributed by atoms with Crippen molar-refractivity contribution >= 4 is 17.7 Å². The third kappa shape index (κ3) is 3.53. The van der Waals surface area contributed by atoms with E-state index in [1.807, 2.05) is 44.2 Å². The average Bonchev–Trinajstić information content (AvgIpc) is 3.16. The number of fused-ring (bicyclic) bond motifs is 1. The Labute approximate surface area is 172 Å². The van der Waals surface area contributed by atoms with Gasteiger partial charge in [0.2, 0.25) is 0 Å². The lowest BCUT2D eigenvalue weighted by molar-refractivity contribution is -0.140. The zero-order valence-electron chi connectivity index (χ0n) is 16.1. The van der Waals surface area contributed by atoms with Gasteiger partial charge in [0.1, 0.15) is 18.4 Å². The Morgan fingerprint density at radius 3 is 2.86 bits per heavy atom. The van der Waals surface area contributed by atoms with Crippen LogP contribution in [0, 0.1) is 13.8 Å². The summed E-state index contributed by atoms with van der Waals surface area (Å²) < 4.78 is 7.43. The third-order valence-corrected chi connectivity index (χ3v) is 6.31. The SMILES string of the molecule is Cc1cccc(OCc2cc(=O)n3c(c2-c2cccnc2)SC[C@H]3C(=O)O)c1C. The second kappa shape index (κ2) is 7.75. The first-order valence-corrected chi connectivity index (χ1v) is 10.2. The van der Waals surface area contributed by atoms with Gasteiger partial charge in [-0.3, -0.25) is 14.3 Å². The van der Waals surface area contributed by atoms with Crippen LogP contribution >= 0.6 is 11.8 Å². The molecule has 0 radical (unpaired) electrons. The van der Waals surface area contributed by atoms with E-state index in [2.05, 4.69) is 4.98 Å². The fourth-order valence-electron chi connectivity index (χ4n) is 3.47. The van der Waals surface area contributed by atoms with E-state index in [4.69, 9.17) is 4.74 Å². The van der Waals surface area contributed by atoms with Crippen LogP contribution in [0.3, 0.4) is 0 Å². The number of hydrogen-bond acceptors (Lipinski definition) is 5. The molecule has 0 aliphatic carbocycles. The molecule has 3 heterocycles. The first-order chi connectivity index (χ1) is 14.0. The van der Waals surface area contributed by atoms with E-state index in [1.54, 1.807) is 12.4 Å². The van der Waals surface area contributed by atoms with Gasteiger partial charge in [-0.05, 0) is 37.1 Å². The van der Waals surface area contributed by atoms with Crippen molar-refractivity contribution in [3.63, 3.8) is 0 Å². The topological polar surface area (TPSA) is 81.4 Å². The number of carboxylic acids is 1. The number of benzene rings is 1. The van der Waals surface area contributed by atoms with Crippen LogP contribution in [0.1, 0.15) is 22.7 Å². The van der Waals surface area contributed by atoms with Gasteiger partial charge in [-0.1, -0.05) is 18.2 Å². The van der Waals surface area contributed by atoms with E-state index in [0.717, 1.165) is 28.0 Å². The van der Waals surface area contributed by atoms with Crippen LogP contribution in [0.5, 0.6) is 5.75 Å². The summed E-state index contributed by atoms with van der Waals surface area (Å²) in [6.45, 7) is 4.22. The summed E-state index contributed by atoms with van der Waals surface area (Å²) in [7, 11) is 0. The molecule has 0 amide bonds. The molecule has 6 nitrogen and oxygen atoms in total. The predicted molar refractivity (Wildman–Crippen MR) is 112 cm³/mol.